The molecular weight excluding hydrogens is 304 g/mol. The fourth-order valence-electron chi connectivity index (χ4n) is 2.08. The Morgan fingerprint density at radius 1 is 1.09 bits per heavy atom. The van der Waals surface area contributed by atoms with Crippen molar-refractivity contribution in [3.8, 4) is 0 Å². The van der Waals surface area contributed by atoms with E-state index in [1.54, 1.807) is 6.07 Å². The van der Waals surface area contributed by atoms with Crippen LogP contribution in [0.15, 0.2) is 48.5 Å². The van der Waals surface area contributed by atoms with Crippen LogP contribution in [0.1, 0.15) is 15.9 Å². The van der Waals surface area contributed by atoms with E-state index in [2.05, 4.69) is 10.1 Å². The Hall–Kier alpha value is -2.76. The Labute approximate surface area is 132 Å². The van der Waals surface area contributed by atoms with Crippen LogP contribution in [0.3, 0.4) is 0 Å². The predicted octanol–water partition coefficient (Wildman–Crippen LogP) is 2.48. The molecule has 0 aliphatic rings. The highest BCUT2D eigenvalue weighted by Gasteiger charge is 2.22. The van der Waals surface area contributed by atoms with Crippen LogP contribution >= 0.6 is 0 Å². The molecule has 0 fully saturated rings. The second-order valence-electron chi connectivity index (χ2n) is 4.89. The summed E-state index contributed by atoms with van der Waals surface area (Å²) in [6, 6.07) is 9.66. The Bertz CT molecular complexity index is 701. The van der Waals surface area contributed by atoms with Crippen molar-refractivity contribution in [1.29, 1.82) is 0 Å². The van der Waals surface area contributed by atoms with Gasteiger partial charge in [0, 0.05) is 12.0 Å². The van der Waals surface area contributed by atoms with Gasteiger partial charge in [0.05, 0.1) is 7.11 Å². The molecule has 2 aromatic rings. The number of ether oxygens (including phenoxy) is 1. The number of methoxy groups -OCH3 is 1. The summed E-state index contributed by atoms with van der Waals surface area (Å²) in [5.41, 5.74) is 0.749. The van der Waals surface area contributed by atoms with Crippen LogP contribution < -0.4 is 5.32 Å². The van der Waals surface area contributed by atoms with E-state index < -0.39 is 29.6 Å². The van der Waals surface area contributed by atoms with Gasteiger partial charge in [0.2, 0.25) is 0 Å². The van der Waals surface area contributed by atoms with Gasteiger partial charge in [-0.2, -0.15) is 0 Å². The smallest absolute Gasteiger partial charge is 0.328 e. The van der Waals surface area contributed by atoms with Crippen molar-refractivity contribution >= 4 is 11.9 Å². The minimum atomic E-state index is -0.973. The lowest BCUT2D eigenvalue weighted by Gasteiger charge is -2.16. The number of benzene rings is 2. The molecule has 23 heavy (non-hydrogen) atoms. The Morgan fingerprint density at radius 2 is 1.78 bits per heavy atom. The zero-order valence-electron chi connectivity index (χ0n) is 12.4. The fourth-order valence-corrected chi connectivity index (χ4v) is 2.08. The van der Waals surface area contributed by atoms with Crippen molar-refractivity contribution < 1.29 is 23.1 Å². The summed E-state index contributed by atoms with van der Waals surface area (Å²) < 4.78 is 30.8. The molecule has 0 saturated carbocycles. The lowest BCUT2D eigenvalue weighted by Crippen LogP contribution is -2.43. The van der Waals surface area contributed by atoms with Crippen LogP contribution in [0, 0.1) is 11.6 Å². The minimum absolute atomic E-state index is 0.0807. The van der Waals surface area contributed by atoms with Crippen LogP contribution in [0.5, 0.6) is 0 Å². The summed E-state index contributed by atoms with van der Waals surface area (Å²) in [4.78, 5) is 24.0. The standard InChI is InChI=1S/C17H15F2NO3/c1-23-17(22)15(10-11-3-2-4-14(19)9-11)20-16(21)12-5-7-13(18)8-6-12/h2-9,15H,10H2,1H3,(H,20,21)/t15-/m0/s1. The number of carbonyl (C=O) groups is 2. The third kappa shape index (κ3) is 4.60. The van der Waals surface area contributed by atoms with Gasteiger partial charge in [0.1, 0.15) is 17.7 Å². The van der Waals surface area contributed by atoms with Crippen LogP contribution in [-0.4, -0.2) is 25.0 Å². The molecule has 0 spiro atoms. The Kier molecular flexibility index (Phi) is 5.41. The number of hydrogen-bond acceptors (Lipinski definition) is 3. The number of amides is 1. The highest BCUT2D eigenvalue weighted by Crippen LogP contribution is 2.09. The summed E-state index contributed by atoms with van der Waals surface area (Å²) in [6.45, 7) is 0. The lowest BCUT2D eigenvalue weighted by atomic mass is 10.1. The lowest BCUT2D eigenvalue weighted by molar-refractivity contribution is -0.142. The zero-order valence-corrected chi connectivity index (χ0v) is 12.4. The van der Waals surface area contributed by atoms with Crippen LogP contribution in [0.2, 0.25) is 0 Å². The maximum absolute atomic E-state index is 13.2. The maximum atomic E-state index is 13.2. The molecule has 6 heteroatoms. The van der Waals surface area contributed by atoms with Gasteiger partial charge in [0.15, 0.2) is 0 Å². The second kappa shape index (κ2) is 7.49. The molecule has 120 valence electrons. The highest BCUT2D eigenvalue weighted by atomic mass is 19.1. The molecule has 0 saturated heterocycles. The molecule has 4 nitrogen and oxygen atoms in total. The number of esters is 1. The normalized spacial score (nSPS) is 11.6. The van der Waals surface area contributed by atoms with Crippen molar-refractivity contribution in [3.63, 3.8) is 0 Å². The number of nitrogens with one attached hydrogen (secondary N) is 1. The Balaban J connectivity index is 2.13. The van der Waals surface area contributed by atoms with E-state index in [0.29, 0.717) is 5.56 Å². The predicted molar refractivity (Wildman–Crippen MR) is 79.8 cm³/mol. The maximum Gasteiger partial charge on any atom is 0.328 e. The average Bonchev–Trinajstić information content (AvgIpc) is 2.54. The van der Waals surface area contributed by atoms with Gasteiger partial charge < -0.3 is 10.1 Å². The third-order valence-electron chi connectivity index (χ3n) is 3.23. The molecule has 0 aliphatic carbocycles. The Morgan fingerprint density at radius 3 is 2.39 bits per heavy atom. The summed E-state index contributed by atoms with van der Waals surface area (Å²) in [5.74, 6) is -2.09. The largest absolute Gasteiger partial charge is 0.467 e. The number of halogens is 2. The van der Waals surface area contributed by atoms with Crippen molar-refractivity contribution in [1.82, 2.24) is 5.32 Å². The van der Waals surface area contributed by atoms with Crippen molar-refractivity contribution in [3.05, 3.63) is 71.3 Å². The van der Waals surface area contributed by atoms with E-state index in [-0.39, 0.29) is 12.0 Å². The first-order valence-corrected chi connectivity index (χ1v) is 6.88. The molecule has 0 heterocycles. The first kappa shape index (κ1) is 16.6. The second-order valence-corrected chi connectivity index (χ2v) is 4.89. The number of rotatable bonds is 5. The van der Waals surface area contributed by atoms with Crippen LogP contribution in [0.25, 0.3) is 0 Å². The van der Waals surface area contributed by atoms with E-state index in [9.17, 15) is 18.4 Å². The fraction of sp³-hybridized carbons (Fsp3) is 0.176. The van der Waals surface area contributed by atoms with E-state index in [0.717, 1.165) is 12.1 Å². The SMILES string of the molecule is COC(=O)[C@H](Cc1cccc(F)c1)NC(=O)c1ccc(F)cc1. The van der Waals surface area contributed by atoms with Gasteiger partial charge in [-0.1, -0.05) is 12.1 Å². The molecule has 0 unspecified atom stereocenters. The zero-order chi connectivity index (χ0) is 16.8. The number of carbonyl (C=O) groups excluding carboxylic acids is 2. The summed E-state index contributed by atoms with van der Waals surface area (Å²) in [5, 5.41) is 2.51. The van der Waals surface area contributed by atoms with Gasteiger partial charge in [-0.3, -0.25) is 4.79 Å². The first-order chi connectivity index (χ1) is 11.0. The average molecular weight is 319 g/mol. The first-order valence-electron chi connectivity index (χ1n) is 6.88. The number of hydrogen-bond donors (Lipinski definition) is 1. The van der Waals surface area contributed by atoms with Crippen LogP contribution in [-0.2, 0) is 16.0 Å². The van der Waals surface area contributed by atoms with E-state index in [1.807, 2.05) is 0 Å². The van der Waals surface area contributed by atoms with E-state index >= 15 is 0 Å². The molecule has 1 N–H and O–H groups in total. The summed E-state index contributed by atoms with van der Waals surface area (Å²) in [6.07, 6.45) is 0.0807. The van der Waals surface area contributed by atoms with Gasteiger partial charge in [-0.05, 0) is 42.0 Å². The molecule has 0 bridgehead atoms. The minimum Gasteiger partial charge on any atom is -0.467 e. The van der Waals surface area contributed by atoms with Crippen LogP contribution in [0.4, 0.5) is 8.78 Å². The quantitative estimate of drug-likeness (QED) is 0.862. The topological polar surface area (TPSA) is 55.4 Å². The molecule has 1 amide bonds. The van der Waals surface area contributed by atoms with E-state index in [1.165, 1.54) is 37.4 Å². The summed E-state index contributed by atoms with van der Waals surface area (Å²) in [7, 11) is 1.20. The molecule has 2 rings (SSSR count). The monoisotopic (exact) mass is 319 g/mol. The van der Waals surface area contributed by atoms with Gasteiger partial charge >= 0.3 is 5.97 Å². The van der Waals surface area contributed by atoms with Crippen molar-refractivity contribution in [2.24, 2.45) is 0 Å². The molecule has 0 aliphatic heterocycles. The van der Waals surface area contributed by atoms with Gasteiger partial charge in [-0.15, -0.1) is 0 Å². The highest BCUT2D eigenvalue weighted by molar-refractivity contribution is 5.96. The molecule has 0 radical (unpaired) electrons. The van der Waals surface area contributed by atoms with Gasteiger partial charge in [0.25, 0.3) is 5.91 Å². The molecule has 1 atom stereocenters. The van der Waals surface area contributed by atoms with Crippen molar-refractivity contribution in [2.75, 3.05) is 7.11 Å². The third-order valence-corrected chi connectivity index (χ3v) is 3.23. The molecule has 2 aromatic carbocycles. The van der Waals surface area contributed by atoms with Gasteiger partial charge in [-0.25, -0.2) is 13.6 Å². The molecular formula is C17H15F2NO3. The van der Waals surface area contributed by atoms with E-state index in [4.69, 9.17) is 0 Å². The summed E-state index contributed by atoms with van der Waals surface area (Å²) >= 11 is 0. The van der Waals surface area contributed by atoms with Crippen molar-refractivity contribution in [2.45, 2.75) is 12.5 Å². The molecule has 0 aromatic heterocycles.